The van der Waals surface area contributed by atoms with Crippen molar-refractivity contribution in [2.24, 2.45) is 11.3 Å². The van der Waals surface area contributed by atoms with E-state index in [4.69, 9.17) is 0 Å². The summed E-state index contributed by atoms with van der Waals surface area (Å²) in [6, 6.07) is 15.2. The van der Waals surface area contributed by atoms with Crippen LogP contribution in [0, 0.1) is 11.3 Å². The molecule has 33 heavy (non-hydrogen) atoms. The summed E-state index contributed by atoms with van der Waals surface area (Å²) in [6.45, 7) is 16.8. The van der Waals surface area contributed by atoms with Gasteiger partial charge in [-0.1, -0.05) is 120 Å². The van der Waals surface area contributed by atoms with Gasteiger partial charge in [-0.15, -0.1) is 0 Å². The molecular weight excluding hydrogens is 398 g/mol. The Morgan fingerprint density at radius 2 is 1.79 bits per heavy atom. The standard InChI is InChI=1S/C30H35N.C2H6/c1-6-7-8-9-10-15-25(3)31(27-18-14-23-30(4,5)24(2)21-22-27)29-20-13-17-26-16-11-12-19-28(26)29;1-2/h6-8,11-24H,1,9-10H2,2-5H3;1-2H3/b8-7+,22-21-,23-14+,25-15+,27-18+;. The zero-order chi connectivity index (χ0) is 24.3. The smallest absolute Gasteiger partial charge is 0.0536 e. The van der Waals surface area contributed by atoms with Crippen molar-refractivity contribution < 1.29 is 0 Å². The summed E-state index contributed by atoms with van der Waals surface area (Å²) in [5.74, 6) is 0.454. The van der Waals surface area contributed by atoms with Crippen molar-refractivity contribution in [1.82, 2.24) is 0 Å². The first kappa shape index (κ1) is 26.2. The van der Waals surface area contributed by atoms with Gasteiger partial charge in [-0.05, 0) is 54.7 Å². The van der Waals surface area contributed by atoms with Crippen LogP contribution in [0.4, 0.5) is 5.69 Å². The second-order valence-corrected chi connectivity index (χ2v) is 8.84. The van der Waals surface area contributed by atoms with E-state index in [2.05, 4.69) is 124 Å². The molecule has 0 aliphatic heterocycles. The van der Waals surface area contributed by atoms with E-state index in [0.717, 1.165) is 12.8 Å². The molecule has 1 aliphatic carbocycles. The van der Waals surface area contributed by atoms with Crippen LogP contribution in [0.25, 0.3) is 10.8 Å². The molecule has 0 saturated carbocycles. The topological polar surface area (TPSA) is 3.24 Å². The van der Waals surface area contributed by atoms with Crippen molar-refractivity contribution in [2.45, 2.75) is 54.4 Å². The minimum atomic E-state index is 0.144. The van der Waals surface area contributed by atoms with Crippen molar-refractivity contribution in [3.63, 3.8) is 0 Å². The van der Waals surface area contributed by atoms with Gasteiger partial charge >= 0.3 is 0 Å². The van der Waals surface area contributed by atoms with E-state index in [1.807, 2.05) is 26.0 Å². The summed E-state index contributed by atoms with van der Waals surface area (Å²) in [6.07, 6.45) is 21.7. The third kappa shape index (κ3) is 6.96. The fourth-order valence-electron chi connectivity index (χ4n) is 3.85. The van der Waals surface area contributed by atoms with Crippen LogP contribution in [-0.4, -0.2) is 0 Å². The molecule has 0 N–H and O–H groups in total. The van der Waals surface area contributed by atoms with Crippen molar-refractivity contribution >= 4 is 16.5 Å². The van der Waals surface area contributed by atoms with Gasteiger partial charge in [0.15, 0.2) is 0 Å². The van der Waals surface area contributed by atoms with Crippen LogP contribution in [-0.2, 0) is 0 Å². The summed E-state index contributed by atoms with van der Waals surface area (Å²) < 4.78 is 0. The van der Waals surface area contributed by atoms with E-state index in [9.17, 15) is 0 Å². The summed E-state index contributed by atoms with van der Waals surface area (Å²) >= 11 is 0. The third-order valence-electron chi connectivity index (χ3n) is 6.19. The molecular formula is C32H41N. The van der Waals surface area contributed by atoms with Crippen LogP contribution in [0.15, 0.2) is 115 Å². The Hall–Kier alpha value is -3.06. The maximum atomic E-state index is 3.75. The van der Waals surface area contributed by atoms with Crippen molar-refractivity contribution in [3.8, 4) is 0 Å². The highest BCUT2D eigenvalue weighted by Crippen LogP contribution is 2.35. The molecule has 0 amide bonds. The summed E-state index contributed by atoms with van der Waals surface area (Å²) in [7, 11) is 0. The molecule has 0 fully saturated rings. The fraction of sp³-hybridized carbons (Fsp3) is 0.312. The Morgan fingerprint density at radius 3 is 2.55 bits per heavy atom. The van der Waals surface area contributed by atoms with Crippen LogP contribution >= 0.6 is 0 Å². The van der Waals surface area contributed by atoms with Crippen LogP contribution in [0.2, 0.25) is 0 Å². The number of benzene rings is 2. The van der Waals surface area contributed by atoms with Crippen LogP contribution in [0.5, 0.6) is 0 Å². The molecule has 2 aromatic rings. The van der Waals surface area contributed by atoms with Crippen molar-refractivity contribution in [3.05, 3.63) is 115 Å². The van der Waals surface area contributed by atoms with Gasteiger partial charge in [-0.2, -0.15) is 0 Å². The molecule has 0 aromatic heterocycles. The molecule has 1 atom stereocenters. The van der Waals surface area contributed by atoms with Gasteiger partial charge in [-0.25, -0.2) is 0 Å². The highest BCUT2D eigenvalue weighted by Gasteiger charge is 2.22. The molecule has 2 aromatic carbocycles. The van der Waals surface area contributed by atoms with Crippen LogP contribution in [0.3, 0.4) is 0 Å². The number of fused-ring (bicyclic) bond motifs is 1. The normalized spacial score (nSPS) is 21.2. The molecule has 0 saturated heterocycles. The highest BCUT2D eigenvalue weighted by atomic mass is 15.1. The zero-order valence-electron chi connectivity index (χ0n) is 21.4. The van der Waals surface area contributed by atoms with E-state index in [0.29, 0.717) is 5.92 Å². The maximum Gasteiger partial charge on any atom is 0.0536 e. The zero-order valence-corrected chi connectivity index (χ0v) is 21.4. The predicted octanol–water partition coefficient (Wildman–Crippen LogP) is 9.77. The van der Waals surface area contributed by atoms with Crippen LogP contribution < -0.4 is 4.90 Å². The van der Waals surface area contributed by atoms with Gasteiger partial charge < -0.3 is 4.90 Å². The molecule has 3 rings (SSSR count). The molecule has 0 heterocycles. The lowest BCUT2D eigenvalue weighted by atomic mass is 9.79. The van der Waals surface area contributed by atoms with Gasteiger partial charge in [0.25, 0.3) is 0 Å². The number of unbranched alkanes of at least 4 members (excludes halogenated alkanes) is 1. The lowest BCUT2D eigenvalue weighted by molar-refractivity contribution is 0.367. The Labute approximate surface area is 202 Å². The molecule has 1 unspecified atom stereocenters. The minimum absolute atomic E-state index is 0.144. The first-order chi connectivity index (χ1) is 15.9. The van der Waals surface area contributed by atoms with E-state index in [1.165, 1.54) is 27.9 Å². The quantitative estimate of drug-likeness (QED) is 0.306. The molecule has 0 bridgehead atoms. The maximum absolute atomic E-state index is 3.75. The predicted molar refractivity (Wildman–Crippen MR) is 149 cm³/mol. The van der Waals surface area contributed by atoms with E-state index in [-0.39, 0.29) is 5.41 Å². The van der Waals surface area contributed by atoms with Gasteiger partial charge in [0, 0.05) is 16.8 Å². The second kappa shape index (κ2) is 12.8. The molecule has 0 spiro atoms. The van der Waals surface area contributed by atoms with Gasteiger partial charge in [0.1, 0.15) is 0 Å². The van der Waals surface area contributed by atoms with E-state index >= 15 is 0 Å². The monoisotopic (exact) mass is 439 g/mol. The first-order valence-corrected chi connectivity index (χ1v) is 12.2. The average molecular weight is 440 g/mol. The molecule has 0 radical (unpaired) electrons. The second-order valence-electron chi connectivity index (χ2n) is 8.84. The van der Waals surface area contributed by atoms with E-state index in [1.54, 1.807) is 0 Å². The molecule has 1 nitrogen and oxygen atoms in total. The van der Waals surface area contributed by atoms with Crippen LogP contribution in [0.1, 0.15) is 54.4 Å². The first-order valence-electron chi connectivity index (χ1n) is 12.2. The highest BCUT2D eigenvalue weighted by molar-refractivity contribution is 5.96. The number of nitrogens with zero attached hydrogens (tertiary/aromatic N) is 1. The van der Waals surface area contributed by atoms with Gasteiger partial charge in [-0.3, -0.25) is 0 Å². The molecule has 1 aliphatic rings. The molecule has 1 heteroatoms. The lowest BCUT2D eigenvalue weighted by Gasteiger charge is -2.31. The summed E-state index contributed by atoms with van der Waals surface area (Å²) in [4.78, 5) is 2.39. The van der Waals surface area contributed by atoms with E-state index < -0.39 is 0 Å². The number of rotatable bonds is 7. The number of anilines is 1. The third-order valence-corrected chi connectivity index (χ3v) is 6.19. The molecule has 174 valence electrons. The van der Waals surface area contributed by atoms with Crippen molar-refractivity contribution in [1.29, 1.82) is 0 Å². The Kier molecular flexibility index (Phi) is 10.2. The van der Waals surface area contributed by atoms with Crippen molar-refractivity contribution in [2.75, 3.05) is 4.90 Å². The summed E-state index contributed by atoms with van der Waals surface area (Å²) in [5.41, 5.74) is 3.78. The summed E-state index contributed by atoms with van der Waals surface area (Å²) in [5, 5.41) is 2.52. The number of hydrogen-bond donors (Lipinski definition) is 0. The Bertz CT molecular complexity index is 1050. The Morgan fingerprint density at radius 1 is 1.06 bits per heavy atom. The lowest BCUT2D eigenvalue weighted by Crippen LogP contribution is -2.22. The minimum Gasteiger partial charge on any atom is -0.314 e. The SMILES string of the molecule is C=C/C=C/CC/C=C(\C)N(C1=C/C=C/C(C)(C)C(C)/C=C\1)c1cccc2ccccc12.CC. The fourth-order valence-corrected chi connectivity index (χ4v) is 3.85. The van der Waals surface area contributed by atoms with Gasteiger partial charge in [0.2, 0.25) is 0 Å². The van der Waals surface area contributed by atoms with Gasteiger partial charge in [0.05, 0.1) is 5.69 Å². The largest absolute Gasteiger partial charge is 0.314 e. The average Bonchev–Trinajstić information content (AvgIpc) is 2.82. The number of hydrogen-bond acceptors (Lipinski definition) is 1. The Balaban J connectivity index is 0.00000187. The number of allylic oxidation sites excluding steroid dienone is 10.